The third-order valence-electron chi connectivity index (χ3n) is 3.28. The van der Waals surface area contributed by atoms with Crippen molar-refractivity contribution in [3.63, 3.8) is 0 Å². The van der Waals surface area contributed by atoms with E-state index in [4.69, 9.17) is 9.47 Å². The van der Waals surface area contributed by atoms with E-state index in [-0.39, 0.29) is 0 Å². The fraction of sp³-hybridized carbons (Fsp3) is 0.333. The van der Waals surface area contributed by atoms with E-state index in [0.29, 0.717) is 6.61 Å². The van der Waals surface area contributed by atoms with Crippen molar-refractivity contribution in [2.24, 2.45) is 0 Å². The molecule has 0 aromatic heterocycles. The molecule has 112 valence electrons. The summed E-state index contributed by atoms with van der Waals surface area (Å²) in [6, 6.07) is 14.4. The van der Waals surface area contributed by atoms with Gasteiger partial charge >= 0.3 is 0 Å². The second-order valence-corrected chi connectivity index (χ2v) is 5.04. The van der Waals surface area contributed by atoms with Gasteiger partial charge in [0.1, 0.15) is 6.61 Å². The van der Waals surface area contributed by atoms with Crippen molar-refractivity contribution in [1.29, 1.82) is 0 Å². The van der Waals surface area contributed by atoms with Gasteiger partial charge in [-0.05, 0) is 36.7 Å². The minimum atomic E-state index is 0.544. The SMILES string of the molecule is CCNCc1ccc(OC)c(OCc2cccc(C)c2)c1. The van der Waals surface area contributed by atoms with Gasteiger partial charge in [-0.3, -0.25) is 0 Å². The Morgan fingerprint density at radius 3 is 2.57 bits per heavy atom. The molecule has 0 aliphatic rings. The quantitative estimate of drug-likeness (QED) is 0.841. The third kappa shape index (κ3) is 4.50. The van der Waals surface area contributed by atoms with Crippen LogP contribution in [0.3, 0.4) is 0 Å². The summed E-state index contributed by atoms with van der Waals surface area (Å²) in [7, 11) is 1.67. The predicted molar refractivity (Wildman–Crippen MR) is 85.9 cm³/mol. The Morgan fingerprint density at radius 2 is 1.86 bits per heavy atom. The maximum absolute atomic E-state index is 5.94. The summed E-state index contributed by atoms with van der Waals surface area (Å²) in [5.41, 5.74) is 3.59. The fourth-order valence-electron chi connectivity index (χ4n) is 2.18. The van der Waals surface area contributed by atoms with Crippen molar-refractivity contribution in [3.05, 3.63) is 59.2 Å². The molecule has 21 heavy (non-hydrogen) atoms. The highest BCUT2D eigenvalue weighted by Gasteiger charge is 2.06. The van der Waals surface area contributed by atoms with Gasteiger partial charge < -0.3 is 14.8 Å². The molecule has 3 heteroatoms. The molecule has 3 nitrogen and oxygen atoms in total. The summed E-state index contributed by atoms with van der Waals surface area (Å²) in [4.78, 5) is 0. The van der Waals surface area contributed by atoms with Crippen molar-refractivity contribution in [2.45, 2.75) is 27.0 Å². The van der Waals surface area contributed by atoms with Gasteiger partial charge in [0.25, 0.3) is 0 Å². The topological polar surface area (TPSA) is 30.5 Å². The van der Waals surface area contributed by atoms with Gasteiger partial charge in [-0.2, -0.15) is 0 Å². The highest BCUT2D eigenvalue weighted by atomic mass is 16.5. The summed E-state index contributed by atoms with van der Waals surface area (Å²) in [5.74, 6) is 1.55. The Kier molecular flexibility index (Phi) is 5.64. The molecule has 0 heterocycles. The van der Waals surface area contributed by atoms with Crippen LogP contribution in [-0.2, 0) is 13.2 Å². The first kappa shape index (κ1) is 15.4. The van der Waals surface area contributed by atoms with Crippen LogP contribution in [-0.4, -0.2) is 13.7 Å². The van der Waals surface area contributed by atoms with Crippen molar-refractivity contribution >= 4 is 0 Å². The monoisotopic (exact) mass is 285 g/mol. The first-order chi connectivity index (χ1) is 10.2. The molecule has 0 atom stereocenters. The number of rotatable bonds is 7. The zero-order valence-electron chi connectivity index (χ0n) is 13.0. The fourth-order valence-corrected chi connectivity index (χ4v) is 2.18. The number of benzene rings is 2. The van der Waals surface area contributed by atoms with Crippen LogP contribution in [0.2, 0.25) is 0 Å². The molecule has 0 radical (unpaired) electrons. The molecule has 0 fully saturated rings. The zero-order chi connectivity index (χ0) is 15.1. The molecule has 0 saturated carbocycles. The summed E-state index contributed by atoms with van der Waals surface area (Å²) < 4.78 is 11.3. The lowest BCUT2D eigenvalue weighted by molar-refractivity contribution is 0.284. The van der Waals surface area contributed by atoms with E-state index in [2.05, 4.69) is 43.4 Å². The summed E-state index contributed by atoms with van der Waals surface area (Å²) in [6.07, 6.45) is 0. The van der Waals surface area contributed by atoms with Gasteiger partial charge in [0, 0.05) is 6.54 Å². The molecular weight excluding hydrogens is 262 g/mol. The van der Waals surface area contributed by atoms with Gasteiger partial charge in [0.05, 0.1) is 7.11 Å². The average Bonchev–Trinajstić information content (AvgIpc) is 2.51. The van der Waals surface area contributed by atoms with Crippen LogP contribution in [0.4, 0.5) is 0 Å². The van der Waals surface area contributed by atoms with Crippen LogP contribution in [0, 0.1) is 6.92 Å². The molecule has 0 saturated heterocycles. The van der Waals surface area contributed by atoms with Crippen LogP contribution >= 0.6 is 0 Å². The summed E-state index contributed by atoms with van der Waals surface area (Å²) >= 11 is 0. The number of nitrogens with one attached hydrogen (secondary N) is 1. The molecule has 2 aromatic carbocycles. The number of hydrogen-bond donors (Lipinski definition) is 1. The van der Waals surface area contributed by atoms with Crippen LogP contribution in [0.25, 0.3) is 0 Å². The van der Waals surface area contributed by atoms with Gasteiger partial charge in [-0.15, -0.1) is 0 Å². The minimum absolute atomic E-state index is 0.544. The van der Waals surface area contributed by atoms with Crippen molar-refractivity contribution < 1.29 is 9.47 Å². The van der Waals surface area contributed by atoms with Crippen molar-refractivity contribution in [1.82, 2.24) is 5.32 Å². The van der Waals surface area contributed by atoms with Crippen LogP contribution in [0.5, 0.6) is 11.5 Å². The summed E-state index contributed by atoms with van der Waals surface area (Å²) in [6.45, 7) is 6.51. The maximum Gasteiger partial charge on any atom is 0.161 e. The van der Waals surface area contributed by atoms with E-state index in [1.165, 1.54) is 11.1 Å². The highest BCUT2D eigenvalue weighted by Crippen LogP contribution is 2.28. The van der Waals surface area contributed by atoms with E-state index in [1.54, 1.807) is 7.11 Å². The Hall–Kier alpha value is -2.00. The molecule has 0 bridgehead atoms. The average molecular weight is 285 g/mol. The lowest BCUT2D eigenvalue weighted by Crippen LogP contribution is -2.11. The zero-order valence-corrected chi connectivity index (χ0v) is 13.0. The second kappa shape index (κ2) is 7.70. The largest absolute Gasteiger partial charge is 0.493 e. The van der Waals surface area contributed by atoms with E-state index in [0.717, 1.165) is 30.2 Å². The highest BCUT2D eigenvalue weighted by molar-refractivity contribution is 5.43. The third-order valence-corrected chi connectivity index (χ3v) is 3.28. The van der Waals surface area contributed by atoms with Gasteiger partial charge in [0.2, 0.25) is 0 Å². The number of hydrogen-bond acceptors (Lipinski definition) is 3. The number of aryl methyl sites for hydroxylation is 1. The molecule has 2 aromatic rings. The molecule has 0 aliphatic carbocycles. The lowest BCUT2D eigenvalue weighted by Gasteiger charge is -2.13. The first-order valence-electron chi connectivity index (χ1n) is 7.29. The molecule has 0 unspecified atom stereocenters. The minimum Gasteiger partial charge on any atom is -0.493 e. The van der Waals surface area contributed by atoms with Gasteiger partial charge in [0.15, 0.2) is 11.5 Å². The van der Waals surface area contributed by atoms with E-state index in [9.17, 15) is 0 Å². The standard InChI is InChI=1S/C18H23NO2/c1-4-19-12-15-8-9-17(20-3)18(11-15)21-13-16-7-5-6-14(2)10-16/h5-11,19H,4,12-13H2,1-3H3. The maximum atomic E-state index is 5.94. The van der Waals surface area contributed by atoms with Crippen molar-refractivity contribution in [2.75, 3.05) is 13.7 Å². The van der Waals surface area contributed by atoms with E-state index < -0.39 is 0 Å². The van der Waals surface area contributed by atoms with Crippen LogP contribution in [0.15, 0.2) is 42.5 Å². The number of methoxy groups -OCH3 is 1. The predicted octanol–water partition coefficient (Wildman–Crippen LogP) is 3.69. The van der Waals surface area contributed by atoms with E-state index in [1.807, 2.05) is 18.2 Å². The Labute approximate surface area is 126 Å². The Bertz CT molecular complexity index is 581. The van der Waals surface area contributed by atoms with Crippen LogP contribution < -0.4 is 14.8 Å². The van der Waals surface area contributed by atoms with Gasteiger partial charge in [-0.25, -0.2) is 0 Å². The molecule has 0 aliphatic heterocycles. The second-order valence-electron chi connectivity index (χ2n) is 5.04. The summed E-state index contributed by atoms with van der Waals surface area (Å²) in [5, 5.41) is 3.31. The van der Waals surface area contributed by atoms with E-state index >= 15 is 0 Å². The first-order valence-corrected chi connectivity index (χ1v) is 7.29. The lowest BCUT2D eigenvalue weighted by atomic mass is 10.1. The molecular formula is C18H23NO2. The molecule has 0 spiro atoms. The normalized spacial score (nSPS) is 10.4. The molecule has 0 amide bonds. The van der Waals surface area contributed by atoms with Crippen LogP contribution in [0.1, 0.15) is 23.6 Å². The smallest absolute Gasteiger partial charge is 0.161 e. The number of ether oxygens (including phenoxy) is 2. The Balaban J connectivity index is 2.09. The van der Waals surface area contributed by atoms with Gasteiger partial charge in [-0.1, -0.05) is 42.8 Å². The molecule has 2 rings (SSSR count). The Morgan fingerprint density at radius 1 is 1.00 bits per heavy atom. The molecule has 1 N–H and O–H groups in total. The van der Waals surface area contributed by atoms with Crippen molar-refractivity contribution in [3.8, 4) is 11.5 Å².